The van der Waals surface area contributed by atoms with E-state index >= 15 is 0 Å². The van der Waals surface area contributed by atoms with Crippen molar-refractivity contribution in [1.82, 2.24) is 4.90 Å². The van der Waals surface area contributed by atoms with Crippen LogP contribution in [-0.4, -0.2) is 38.2 Å². The molecule has 0 aromatic heterocycles. The molecule has 146 valence electrons. The fraction of sp³-hybridized carbons (Fsp3) is 0.333. The first-order valence-electron chi connectivity index (χ1n) is 9.48. The molecule has 2 aromatic carbocycles. The van der Waals surface area contributed by atoms with Crippen molar-refractivity contribution < 1.29 is 17.9 Å². The molecule has 1 atom stereocenters. The van der Waals surface area contributed by atoms with E-state index in [0.717, 1.165) is 12.8 Å². The van der Waals surface area contributed by atoms with E-state index in [1.807, 2.05) is 17.0 Å². The fourth-order valence-corrected chi connectivity index (χ4v) is 4.90. The molecule has 0 aliphatic carbocycles. The second-order valence-electron chi connectivity index (χ2n) is 7.09. The van der Waals surface area contributed by atoms with Crippen LogP contribution in [0.3, 0.4) is 0 Å². The van der Waals surface area contributed by atoms with Gasteiger partial charge in [-0.3, -0.25) is 4.79 Å². The third kappa shape index (κ3) is 3.54. The van der Waals surface area contributed by atoms with Crippen molar-refractivity contribution in [2.24, 2.45) is 10.3 Å². The number of amidine groups is 1. The number of carbonyl (C=O) groups excluding carboxylic acids is 1. The highest BCUT2D eigenvalue weighted by Crippen LogP contribution is 2.30. The van der Waals surface area contributed by atoms with Gasteiger partial charge in [-0.2, -0.15) is 8.42 Å². The van der Waals surface area contributed by atoms with Crippen LogP contribution in [0.5, 0.6) is 5.75 Å². The van der Waals surface area contributed by atoms with Crippen molar-refractivity contribution in [3.63, 3.8) is 0 Å². The zero-order valence-corrected chi connectivity index (χ0v) is 16.5. The minimum Gasteiger partial charge on any atom is -0.426 e. The van der Waals surface area contributed by atoms with Crippen LogP contribution < -0.4 is 4.74 Å². The van der Waals surface area contributed by atoms with Gasteiger partial charge in [0.05, 0.1) is 5.92 Å². The Morgan fingerprint density at radius 2 is 1.93 bits per heavy atom. The summed E-state index contributed by atoms with van der Waals surface area (Å²) in [6.07, 6.45) is 2.41. The maximum Gasteiger partial charge on any atom is 0.316 e. The Kier molecular flexibility index (Phi) is 4.93. The van der Waals surface area contributed by atoms with Gasteiger partial charge in [-0.15, -0.1) is 4.40 Å². The van der Waals surface area contributed by atoms with E-state index in [9.17, 15) is 13.2 Å². The maximum absolute atomic E-state index is 12.6. The number of benzene rings is 2. The standard InChI is InChI=1S/C21H22N2O4S/c1-2-15-9-11-17(12-10-15)27-21(24)16-6-5-13-23(14-16)20-18-7-3-4-8-19(18)28(25,26)22-20/h3-4,7-12,16H,2,5-6,13-14H2,1H3. The molecular weight excluding hydrogens is 376 g/mol. The summed E-state index contributed by atoms with van der Waals surface area (Å²) in [4.78, 5) is 14.8. The maximum atomic E-state index is 12.6. The topological polar surface area (TPSA) is 76.0 Å². The average Bonchev–Trinajstić information content (AvgIpc) is 3.00. The third-order valence-corrected chi connectivity index (χ3v) is 6.54. The highest BCUT2D eigenvalue weighted by Gasteiger charge is 2.35. The van der Waals surface area contributed by atoms with Gasteiger partial charge >= 0.3 is 5.97 Å². The predicted octanol–water partition coefficient (Wildman–Crippen LogP) is 3.02. The summed E-state index contributed by atoms with van der Waals surface area (Å²) in [6.45, 7) is 3.13. The van der Waals surface area contributed by atoms with E-state index in [2.05, 4.69) is 11.3 Å². The lowest BCUT2D eigenvalue weighted by molar-refractivity contribution is -0.140. The van der Waals surface area contributed by atoms with Gasteiger partial charge in [0.25, 0.3) is 10.0 Å². The first kappa shape index (κ1) is 18.7. The highest BCUT2D eigenvalue weighted by molar-refractivity contribution is 7.90. The van der Waals surface area contributed by atoms with Crippen molar-refractivity contribution in [1.29, 1.82) is 0 Å². The predicted molar refractivity (Wildman–Crippen MR) is 106 cm³/mol. The van der Waals surface area contributed by atoms with Crippen LogP contribution in [0.15, 0.2) is 57.8 Å². The fourth-order valence-electron chi connectivity index (χ4n) is 3.67. The van der Waals surface area contributed by atoms with Crippen LogP contribution in [0.25, 0.3) is 0 Å². The minimum absolute atomic E-state index is 0.228. The monoisotopic (exact) mass is 398 g/mol. The minimum atomic E-state index is -3.67. The van der Waals surface area contributed by atoms with Gasteiger partial charge in [0, 0.05) is 18.7 Å². The van der Waals surface area contributed by atoms with E-state index in [1.165, 1.54) is 5.56 Å². The Labute approximate surface area is 164 Å². The summed E-state index contributed by atoms with van der Waals surface area (Å²) >= 11 is 0. The molecule has 0 saturated carbocycles. The number of sulfonamides is 1. The lowest BCUT2D eigenvalue weighted by Gasteiger charge is -2.32. The first-order chi connectivity index (χ1) is 13.5. The molecule has 1 unspecified atom stereocenters. The van der Waals surface area contributed by atoms with Gasteiger partial charge in [-0.25, -0.2) is 0 Å². The molecule has 2 aliphatic heterocycles. The Balaban J connectivity index is 1.49. The Hall–Kier alpha value is -2.67. The number of rotatable bonds is 3. The van der Waals surface area contributed by atoms with Gasteiger partial charge in [-0.05, 0) is 49.1 Å². The van der Waals surface area contributed by atoms with E-state index in [1.54, 1.807) is 36.4 Å². The molecule has 0 amide bonds. The highest BCUT2D eigenvalue weighted by atomic mass is 32.2. The number of nitrogens with zero attached hydrogens (tertiary/aromatic N) is 2. The molecule has 7 heteroatoms. The zero-order valence-electron chi connectivity index (χ0n) is 15.7. The molecule has 28 heavy (non-hydrogen) atoms. The molecule has 0 radical (unpaired) electrons. The molecule has 1 fully saturated rings. The largest absolute Gasteiger partial charge is 0.426 e. The molecular formula is C21H22N2O4S. The first-order valence-corrected chi connectivity index (χ1v) is 10.9. The smallest absolute Gasteiger partial charge is 0.316 e. The van der Waals surface area contributed by atoms with Crippen LogP contribution in [0.4, 0.5) is 0 Å². The zero-order chi connectivity index (χ0) is 19.7. The molecule has 0 N–H and O–H groups in total. The molecule has 2 aliphatic rings. The number of hydrogen-bond donors (Lipinski definition) is 0. The van der Waals surface area contributed by atoms with Crippen molar-refractivity contribution in [3.05, 3.63) is 59.7 Å². The van der Waals surface area contributed by atoms with Crippen LogP contribution in [-0.2, 0) is 21.2 Å². The van der Waals surface area contributed by atoms with Gasteiger partial charge in [-0.1, -0.05) is 31.2 Å². The van der Waals surface area contributed by atoms with E-state index < -0.39 is 10.0 Å². The van der Waals surface area contributed by atoms with Crippen molar-refractivity contribution in [3.8, 4) is 5.75 Å². The average molecular weight is 398 g/mol. The number of likely N-dealkylation sites (tertiary alicyclic amines) is 1. The van der Waals surface area contributed by atoms with Crippen LogP contribution >= 0.6 is 0 Å². The number of fused-ring (bicyclic) bond motifs is 1. The lowest BCUT2D eigenvalue weighted by Crippen LogP contribution is -2.43. The number of carbonyl (C=O) groups is 1. The second kappa shape index (κ2) is 7.39. The van der Waals surface area contributed by atoms with Crippen LogP contribution in [0, 0.1) is 5.92 Å². The lowest BCUT2D eigenvalue weighted by atomic mass is 9.97. The summed E-state index contributed by atoms with van der Waals surface area (Å²) in [6, 6.07) is 14.3. The molecule has 1 saturated heterocycles. The summed E-state index contributed by atoms with van der Waals surface area (Å²) < 4.78 is 34.1. The number of ether oxygens (including phenoxy) is 1. The van der Waals surface area contributed by atoms with Crippen molar-refractivity contribution >= 4 is 21.8 Å². The van der Waals surface area contributed by atoms with Crippen LogP contribution in [0.2, 0.25) is 0 Å². The number of aryl methyl sites for hydroxylation is 1. The Morgan fingerprint density at radius 3 is 2.68 bits per heavy atom. The second-order valence-corrected chi connectivity index (χ2v) is 8.66. The van der Waals surface area contributed by atoms with Crippen LogP contribution in [0.1, 0.15) is 30.9 Å². The molecule has 2 heterocycles. The van der Waals surface area contributed by atoms with Gasteiger partial charge in [0.15, 0.2) is 5.84 Å². The third-order valence-electron chi connectivity index (χ3n) is 5.22. The van der Waals surface area contributed by atoms with E-state index in [4.69, 9.17) is 4.74 Å². The normalized spacial score (nSPS) is 20.4. The summed E-state index contributed by atoms with van der Waals surface area (Å²) in [7, 11) is -3.67. The number of esters is 1. The number of hydrogen-bond acceptors (Lipinski definition) is 5. The molecule has 0 spiro atoms. The molecule has 4 rings (SSSR count). The Morgan fingerprint density at radius 1 is 1.18 bits per heavy atom. The summed E-state index contributed by atoms with van der Waals surface area (Å²) in [5.74, 6) is 0.354. The SMILES string of the molecule is CCc1ccc(OC(=O)C2CCCN(C3=NS(=O)(=O)c4ccccc43)C2)cc1. The quantitative estimate of drug-likeness (QED) is 0.587. The van der Waals surface area contributed by atoms with Crippen molar-refractivity contribution in [2.75, 3.05) is 13.1 Å². The molecule has 2 aromatic rings. The van der Waals surface area contributed by atoms with Gasteiger partial charge in [0.2, 0.25) is 0 Å². The van der Waals surface area contributed by atoms with E-state index in [0.29, 0.717) is 36.7 Å². The van der Waals surface area contributed by atoms with Gasteiger partial charge < -0.3 is 9.64 Å². The van der Waals surface area contributed by atoms with E-state index in [-0.39, 0.29) is 16.8 Å². The van der Waals surface area contributed by atoms with Gasteiger partial charge in [0.1, 0.15) is 10.6 Å². The molecule has 6 nitrogen and oxygen atoms in total. The number of piperidine rings is 1. The Bertz CT molecular complexity index is 1030. The summed E-state index contributed by atoms with van der Waals surface area (Å²) in [5.41, 5.74) is 1.79. The molecule has 0 bridgehead atoms. The summed E-state index contributed by atoms with van der Waals surface area (Å²) in [5, 5.41) is 0. The van der Waals surface area contributed by atoms with Crippen molar-refractivity contribution in [2.45, 2.75) is 31.1 Å².